The standard InChI is InChI=1S/C27H23N5O4S/c33-24(29-18-8-2-1-3-9-18)15-17-31-26(25(30-27(31)37)20-11-6-7-16-28-20)23-14-13-22(36-23)19-10-4-5-12-21(19)32(34)35/h1-14,16,25-26H,15,17H2,(H,29,33)(H,30,37)/t25-,26+/m0/s1. The molecular formula is C27H23N5O4S. The maximum atomic E-state index is 12.7. The number of benzene rings is 2. The Bertz CT molecular complexity index is 1430. The van der Waals surface area contributed by atoms with E-state index in [9.17, 15) is 14.9 Å². The molecule has 2 N–H and O–H groups in total. The number of hydrogen-bond acceptors (Lipinski definition) is 6. The molecule has 3 heterocycles. The Kier molecular flexibility index (Phi) is 6.91. The minimum Gasteiger partial charge on any atom is -0.459 e. The highest BCUT2D eigenvalue weighted by Gasteiger charge is 2.41. The van der Waals surface area contributed by atoms with Crippen LogP contribution in [-0.4, -0.2) is 32.4 Å². The van der Waals surface area contributed by atoms with Gasteiger partial charge in [-0.1, -0.05) is 36.4 Å². The van der Waals surface area contributed by atoms with Crippen molar-refractivity contribution in [3.05, 3.63) is 113 Å². The van der Waals surface area contributed by atoms with Crippen LogP contribution < -0.4 is 10.6 Å². The summed E-state index contributed by atoms with van der Waals surface area (Å²) < 4.78 is 6.20. The Morgan fingerprint density at radius 1 is 1.05 bits per heavy atom. The molecule has 0 aliphatic carbocycles. The summed E-state index contributed by atoms with van der Waals surface area (Å²) in [4.78, 5) is 30.2. The van der Waals surface area contributed by atoms with Gasteiger partial charge >= 0.3 is 0 Å². The maximum Gasteiger partial charge on any atom is 0.280 e. The van der Waals surface area contributed by atoms with E-state index in [1.54, 1.807) is 36.5 Å². The summed E-state index contributed by atoms with van der Waals surface area (Å²) >= 11 is 5.66. The number of nitro benzene ring substituents is 1. The number of carbonyl (C=O) groups is 1. The van der Waals surface area contributed by atoms with Gasteiger partial charge in [0.05, 0.1) is 22.2 Å². The first-order chi connectivity index (χ1) is 18.0. The Morgan fingerprint density at radius 2 is 1.81 bits per heavy atom. The summed E-state index contributed by atoms with van der Waals surface area (Å²) in [6.07, 6.45) is 1.90. The first kappa shape index (κ1) is 24.1. The molecule has 37 heavy (non-hydrogen) atoms. The Labute approximate surface area is 218 Å². The van der Waals surface area contributed by atoms with Crippen LogP contribution in [0.3, 0.4) is 0 Å². The van der Waals surface area contributed by atoms with E-state index in [1.807, 2.05) is 53.4 Å². The highest BCUT2D eigenvalue weighted by Crippen LogP contribution is 2.41. The Hall–Kier alpha value is -4.57. The van der Waals surface area contributed by atoms with Gasteiger partial charge in [0.25, 0.3) is 5.69 Å². The molecule has 0 spiro atoms. The molecule has 1 fully saturated rings. The van der Waals surface area contributed by atoms with Gasteiger partial charge in [0.15, 0.2) is 5.11 Å². The van der Waals surface area contributed by atoms with Crippen LogP contribution in [0.15, 0.2) is 95.5 Å². The fourth-order valence-electron chi connectivity index (χ4n) is 4.42. The molecular weight excluding hydrogens is 490 g/mol. The molecule has 1 amide bonds. The number of thiocarbonyl (C=S) groups is 1. The smallest absolute Gasteiger partial charge is 0.280 e. The number of amides is 1. The molecule has 1 aliphatic rings. The van der Waals surface area contributed by atoms with Crippen molar-refractivity contribution in [3.63, 3.8) is 0 Å². The first-order valence-corrected chi connectivity index (χ1v) is 12.1. The van der Waals surface area contributed by atoms with Crippen molar-refractivity contribution in [2.45, 2.75) is 18.5 Å². The molecule has 0 radical (unpaired) electrons. The van der Waals surface area contributed by atoms with Crippen LogP contribution >= 0.6 is 12.2 Å². The number of aromatic nitrogens is 1. The maximum absolute atomic E-state index is 12.7. The van der Waals surface area contributed by atoms with Crippen LogP contribution in [0.2, 0.25) is 0 Å². The van der Waals surface area contributed by atoms with E-state index in [0.29, 0.717) is 28.7 Å². The van der Waals surface area contributed by atoms with E-state index in [0.717, 1.165) is 11.4 Å². The summed E-state index contributed by atoms with van der Waals surface area (Å²) in [5.41, 5.74) is 1.82. The Morgan fingerprint density at radius 3 is 2.57 bits per heavy atom. The molecule has 186 valence electrons. The number of hydrogen-bond donors (Lipinski definition) is 2. The SMILES string of the molecule is O=C(CCN1C(=S)N[C@@H](c2ccccn2)[C@H]1c1ccc(-c2ccccc2[N+](=O)[O-])o1)Nc1ccccc1. The van der Waals surface area contributed by atoms with E-state index in [1.165, 1.54) is 6.07 Å². The highest BCUT2D eigenvalue weighted by molar-refractivity contribution is 7.80. The summed E-state index contributed by atoms with van der Waals surface area (Å²) in [5, 5.41) is 18.2. The second-order valence-corrected chi connectivity index (χ2v) is 8.85. The van der Waals surface area contributed by atoms with Gasteiger partial charge in [-0.2, -0.15) is 0 Å². The Balaban J connectivity index is 1.43. The number of nitrogens with one attached hydrogen (secondary N) is 2. The summed E-state index contributed by atoms with van der Waals surface area (Å²) in [6.45, 7) is 0.333. The van der Waals surface area contributed by atoms with Crippen LogP contribution in [0.4, 0.5) is 11.4 Å². The zero-order chi connectivity index (χ0) is 25.8. The molecule has 1 aliphatic heterocycles. The minimum absolute atomic E-state index is 0.0424. The van der Waals surface area contributed by atoms with Crippen LogP contribution in [-0.2, 0) is 4.79 Å². The third-order valence-electron chi connectivity index (χ3n) is 6.12. The number of furan rings is 1. The minimum atomic E-state index is -0.432. The molecule has 0 saturated carbocycles. The van der Waals surface area contributed by atoms with Gasteiger partial charge in [0, 0.05) is 30.9 Å². The van der Waals surface area contributed by atoms with E-state index in [4.69, 9.17) is 16.6 Å². The molecule has 4 aromatic rings. The summed E-state index contributed by atoms with van der Waals surface area (Å²) in [5.74, 6) is 0.787. The normalized spacial score (nSPS) is 16.9. The van der Waals surface area contributed by atoms with Gasteiger partial charge in [-0.05, 0) is 54.7 Å². The zero-order valence-corrected chi connectivity index (χ0v) is 20.4. The van der Waals surface area contributed by atoms with Crippen molar-refractivity contribution in [2.24, 2.45) is 0 Å². The third kappa shape index (κ3) is 5.19. The average molecular weight is 514 g/mol. The van der Waals surface area contributed by atoms with Gasteiger partial charge in [-0.15, -0.1) is 0 Å². The number of anilines is 1. The quantitative estimate of drug-likeness (QED) is 0.187. The van der Waals surface area contributed by atoms with Crippen molar-refractivity contribution < 1.29 is 14.1 Å². The van der Waals surface area contributed by atoms with Gasteiger partial charge in [0.2, 0.25) is 5.91 Å². The van der Waals surface area contributed by atoms with Gasteiger partial charge in [-0.25, -0.2) is 0 Å². The number of carbonyl (C=O) groups excluding carboxylic acids is 1. The first-order valence-electron chi connectivity index (χ1n) is 11.7. The largest absolute Gasteiger partial charge is 0.459 e. The highest BCUT2D eigenvalue weighted by atomic mass is 32.1. The van der Waals surface area contributed by atoms with Crippen LogP contribution in [0.1, 0.15) is 30.0 Å². The number of para-hydroxylation sites is 2. The number of rotatable bonds is 8. The predicted molar refractivity (Wildman–Crippen MR) is 143 cm³/mol. The molecule has 5 rings (SSSR count). The lowest BCUT2D eigenvalue weighted by Gasteiger charge is -2.25. The molecule has 1 saturated heterocycles. The van der Waals surface area contributed by atoms with Crippen molar-refractivity contribution in [2.75, 3.05) is 11.9 Å². The molecule has 0 unspecified atom stereocenters. The van der Waals surface area contributed by atoms with Crippen molar-refractivity contribution in [3.8, 4) is 11.3 Å². The van der Waals surface area contributed by atoms with Crippen LogP contribution in [0.5, 0.6) is 0 Å². The van der Waals surface area contributed by atoms with Crippen molar-refractivity contribution >= 4 is 34.6 Å². The third-order valence-corrected chi connectivity index (χ3v) is 6.47. The molecule has 9 nitrogen and oxygen atoms in total. The lowest BCUT2D eigenvalue weighted by atomic mass is 10.0. The molecule has 10 heteroatoms. The number of pyridine rings is 1. The monoisotopic (exact) mass is 513 g/mol. The predicted octanol–water partition coefficient (Wildman–Crippen LogP) is 5.25. The van der Waals surface area contributed by atoms with Crippen molar-refractivity contribution in [1.82, 2.24) is 15.2 Å². The lowest BCUT2D eigenvalue weighted by Crippen LogP contribution is -2.32. The molecule has 2 aromatic carbocycles. The fourth-order valence-corrected chi connectivity index (χ4v) is 4.75. The molecule has 2 aromatic heterocycles. The second kappa shape index (κ2) is 10.6. The van der Waals surface area contributed by atoms with Crippen LogP contribution in [0, 0.1) is 10.1 Å². The number of nitrogens with zero attached hydrogens (tertiary/aromatic N) is 3. The van der Waals surface area contributed by atoms with E-state index >= 15 is 0 Å². The lowest BCUT2D eigenvalue weighted by molar-refractivity contribution is -0.384. The van der Waals surface area contributed by atoms with E-state index in [-0.39, 0.29) is 24.1 Å². The summed E-state index contributed by atoms with van der Waals surface area (Å²) in [7, 11) is 0. The topological polar surface area (TPSA) is 114 Å². The molecule has 2 atom stereocenters. The van der Waals surface area contributed by atoms with Crippen LogP contribution in [0.25, 0.3) is 11.3 Å². The fraction of sp³-hybridized carbons (Fsp3) is 0.148. The molecule has 0 bridgehead atoms. The number of nitro groups is 1. The van der Waals surface area contributed by atoms with E-state index in [2.05, 4.69) is 15.6 Å². The second-order valence-electron chi connectivity index (χ2n) is 8.46. The average Bonchev–Trinajstić information content (AvgIpc) is 3.53. The van der Waals surface area contributed by atoms with Gasteiger partial charge in [0.1, 0.15) is 17.6 Å². The van der Waals surface area contributed by atoms with Gasteiger partial charge in [-0.3, -0.25) is 19.9 Å². The summed E-state index contributed by atoms with van der Waals surface area (Å²) in [6, 6.07) is 24.1. The van der Waals surface area contributed by atoms with E-state index < -0.39 is 11.0 Å². The van der Waals surface area contributed by atoms with Gasteiger partial charge < -0.3 is 20.0 Å². The zero-order valence-electron chi connectivity index (χ0n) is 19.6. The van der Waals surface area contributed by atoms with Crippen molar-refractivity contribution in [1.29, 1.82) is 0 Å².